The quantitative estimate of drug-likeness (QED) is 0.846. The number of anilines is 1. The van der Waals surface area contributed by atoms with Crippen molar-refractivity contribution in [1.82, 2.24) is 0 Å². The number of benzene rings is 2. The Bertz CT molecular complexity index is 739. The fourth-order valence-electron chi connectivity index (χ4n) is 2.19. The highest BCUT2D eigenvalue weighted by atomic mass is 35.5. The predicted molar refractivity (Wildman–Crippen MR) is 87.6 cm³/mol. The van der Waals surface area contributed by atoms with Crippen molar-refractivity contribution < 1.29 is 8.42 Å². The Balaban J connectivity index is 2.54. The molecule has 112 valence electrons. The molecule has 0 aliphatic heterocycles. The van der Waals surface area contributed by atoms with E-state index in [1.54, 1.807) is 12.1 Å². The third-order valence-electron chi connectivity index (χ3n) is 3.32. The van der Waals surface area contributed by atoms with Crippen LogP contribution in [0.4, 0.5) is 5.69 Å². The fourth-order valence-corrected chi connectivity index (χ4v) is 3.85. The van der Waals surface area contributed by atoms with Crippen LogP contribution in [0, 0.1) is 13.8 Å². The second-order valence-electron chi connectivity index (χ2n) is 4.91. The van der Waals surface area contributed by atoms with E-state index >= 15 is 0 Å². The van der Waals surface area contributed by atoms with Crippen molar-refractivity contribution in [3.05, 3.63) is 58.6 Å². The summed E-state index contributed by atoms with van der Waals surface area (Å²) in [6, 6.07) is 12.0. The van der Waals surface area contributed by atoms with Gasteiger partial charge in [0.1, 0.15) is 0 Å². The second-order valence-corrected chi connectivity index (χ2v) is 7.21. The summed E-state index contributed by atoms with van der Waals surface area (Å²) in [5, 5.41) is 0.517. The van der Waals surface area contributed by atoms with Gasteiger partial charge in [-0.15, -0.1) is 0 Å². The summed E-state index contributed by atoms with van der Waals surface area (Å²) in [6.07, 6.45) is 0. The Morgan fingerprint density at radius 1 is 1.05 bits per heavy atom. The van der Waals surface area contributed by atoms with Crippen molar-refractivity contribution in [3.8, 4) is 0 Å². The van der Waals surface area contributed by atoms with Gasteiger partial charge in [-0.2, -0.15) is 0 Å². The number of hydrogen-bond acceptors (Lipinski definition) is 2. The van der Waals surface area contributed by atoms with E-state index < -0.39 is 10.0 Å². The molecule has 0 amide bonds. The standard InChI is InChI=1S/C16H18ClNO2S/c1-4-18(16-11-12(2)5-6-13(16)3)21(19,20)15-9-7-14(17)8-10-15/h5-11H,4H2,1-3H3. The van der Waals surface area contributed by atoms with Gasteiger partial charge >= 0.3 is 0 Å². The van der Waals surface area contributed by atoms with Gasteiger partial charge in [0.05, 0.1) is 10.6 Å². The van der Waals surface area contributed by atoms with Crippen LogP contribution in [0.15, 0.2) is 47.4 Å². The molecule has 2 aromatic rings. The van der Waals surface area contributed by atoms with E-state index in [0.29, 0.717) is 17.3 Å². The summed E-state index contributed by atoms with van der Waals surface area (Å²) in [5.74, 6) is 0. The first kappa shape index (κ1) is 15.9. The molecule has 0 aliphatic carbocycles. The molecular formula is C16H18ClNO2S. The lowest BCUT2D eigenvalue weighted by atomic mass is 10.1. The molecule has 0 atom stereocenters. The molecule has 3 nitrogen and oxygen atoms in total. The topological polar surface area (TPSA) is 37.4 Å². The molecule has 0 aromatic heterocycles. The number of rotatable bonds is 4. The molecule has 21 heavy (non-hydrogen) atoms. The average molecular weight is 324 g/mol. The minimum atomic E-state index is -3.59. The molecule has 2 rings (SSSR count). The highest BCUT2D eigenvalue weighted by Gasteiger charge is 2.24. The molecule has 2 aromatic carbocycles. The zero-order chi connectivity index (χ0) is 15.6. The third-order valence-corrected chi connectivity index (χ3v) is 5.48. The van der Waals surface area contributed by atoms with Crippen molar-refractivity contribution in [2.75, 3.05) is 10.8 Å². The van der Waals surface area contributed by atoms with Crippen LogP contribution in [-0.2, 0) is 10.0 Å². The van der Waals surface area contributed by atoms with Crippen molar-refractivity contribution in [2.24, 2.45) is 0 Å². The number of sulfonamides is 1. The number of hydrogen-bond donors (Lipinski definition) is 0. The van der Waals surface area contributed by atoms with E-state index in [1.165, 1.54) is 16.4 Å². The van der Waals surface area contributed by atoms with Crippen LogP contribution in [-0.4, -0.2) is 15.0 Å². The van der Waals surface area contributed by atoms with E-state index in [4.69, 9.17) is 11.6 Å². The number of aryl methyl sites for hydroxylation is 2. The van der Waals surface area contributed by atoms with Gasteiger partial charge < -0.3 is 0 Å². The van der Waals surface area contributed by atoms with Gasteiger partial charge in [-0.1, -0.05) is 23.7 Å². The molecule has 0 unspecified atom stereocenters. The first-order valence-corrected chi connectivity index (χ1v) is 8.53. The molecule has 0 saturated heterocycles. The predicted octanol–water partition coefficient (Wildman–Crippen LogP) is 4.17. The Morgan fingerprint density at radius 3 is 2.24 bits per heavy atom. The molecule has 0 N–H and O–H groups in total. The van der Waals surface area contributed by atoms with Gasteiger partial charge in [-0.05, 0) is 62.2 Å². The Morgan fingerprint density at radius 2 is 1.67 bits per heavy atom. The lowest BCUT2D eigenvalue weighted by Gasteiger charge is -2.25. The monoisotopic (exact) mass is 323 g/mol. The zero-order valence-corrected chi connectivity index (χ0v) is 13.9. The summed E-state index contributed by atoms with van der Waals surface area (Å²) in [5.41, 5.74) is 2.67. The van der Waals surface area contributed by atoms with Gasteiger partial charge in [0, 0.05) is 11.6 Å². The maximum absolute atomic E-state index is 12.8. The van der Waals surface area contributed by atoms with Crippen molar-refractivity contribution in [1.29, 1.82) is 0 Å². The normalized spacial score (nSPS) is 11.4. The average Bonchev–Trinajstić information content (AvgIpc) is 2.43. The Hall–Kier alpha value is -1.52. The van der Waals surface area contributed by atoms with Gasteiger partial charge in [-0.25, -0.2) is 8.42 Å². The molecule has 0 heterocycles. The van der Waals surface area contributed by atoms with Crippen LogP contribution in [0.5, 0.6) is 0 Å². The van der Waals surface area contributed by atoms with Crippen LogP contribution in [0.2, 0.25) is 5.02 Å². The van der Waals surface area contributed by atoms with Gasteiger partial charge in [0.2, 0.25) is 0 Å². The van der Waals surface area contributed by atoms with Crippen LogP contribution < -0.4 is 4.31 Å². The van der Waals surface area contributed by atoms with E-state index in [2.05, 4.69) is 0 Å². The van der Waals surface area contributed by atoms with Gasteiger partial charge in [-0.3, -0.25) is 4.31 Å². The minimum absolute atomic E-state index is 0.245. The van der Waals surface area contributed by atoms with Crippen LogP contribution >= 0.6 is 11.6 Å². The maximum atomic E-state index is 12.8. The molecule has 5 heteroatoms. The zero-order valence-electron chi connectivity index (χ0n) is 12.3. The van der Waals surface area contributed by atoms with Gasteiger partial charge in [0.25, 0.3) is 10.0 Å². The first-order chi connectivity index (χ1) is 9.86. The van der Waals surface area contributed by atoms with Crippen LogP contribution in [0.1, 0.15) is 18.1 Å². The Labute approximate surface area is 131 Å². The second kappa shape index (κ2) is 6.08. The molecule has 0 spiro atoms. The summed E-state index contributed by atoms with van der Waals surface area (Å²) in [7, 11) is -3.59. The molecule has 0 radical (unpaired) electrons. The highest BCUT2D eigenvalue weighted by molar-refractivity contribution is 7.92. The summed E-state index contributed by atoms with van der Waals surface area (Å²) in [6.45, 7) is 6.06. The van der Waals surface area contributed by atoms with Crippen LogP contribution in [0.3, 0.4) is 0 Å². The fraction of sp³-hybridized carbons (Fsp3) is 0.250. The highest BCUT2D eigenvalue weighted by Crippen LogP contribution is 2.28. The van der Waals surface area contributed by atoms with E-state index in [9.17, 15) is 8.42 Å². The van der Waals surface area contributed by atoms with Gasteiger partial charge in [0.15, 0.2) is 0 Å². The maximum Gasteiger partial charge on any atom is 0.264 e. The number of halogens is 1. The SMILES string of the molecule is CCN(c1cc(C)ccc1C)S(=O)(=O)c1ccc(Cl)cc1. The smallest absolute Gasteiger partial charge is 0.264 e. The first-order valence-electron chi connectivity index (χ1n) is 6.72. The largest absolute Gasteiger partial charge is 0.266 e. The van der Waals surface area contributed by atoms with E-state index in [1.807, 2.05) is 39.0 Å². The van der Waals surface area contributed by atoms with E-state index in [-0.39, 0.29) is 4.90 Å². The van der Waals surface area contributed by atoms with E-state index in [0.717, 1.165) is 11.1 Å². The third kappa shape index (κ3) is 3.22. The molecule has 0 bridgehead atoms. The lowest BCUT2D eigenvalue weighted by Crippen LogP contribution is -2.31. The van der Waals surface area contributed by atoms with Crippen molar-refractivity contribution in [2.45, 2.75) is 25.7 Å². The van der Waals surface area contributed by atoms with Crippen molar-refractivity contribution >= 4 is 27.3 Å². The molecule has 0 fully saturated rings. The summed E-state index contributed by atoms with van der Waals surface area (Å²) in [4.78, 5) is 0.245. The van der Waals surface area contributed by atoms with Crippen LogP contribution in [0.25, 0.3) is 0 Å². The molecular weight excluding hydrogens is 306 g/mol. The minimum Gasteiger partial charge on any atom is -0.266 e. The summed E-state index contributed by atoms with van der Waals surface area (Å²) < 4.78 is 27.1. The molecule has 0 aliphatic rings. The number of nitrogens with zero attached hydrogens (tertiary/aromatic N) is 1. The van der Waals surface area contributed by atoms with Crippen molar-refractivity contribution in [3.63, 3.8) is 0 Å². The lowest BCUT2D eigenvalue weighted by molar-refractivity contribution is 0.591. The Kier molecular flexibility index (Phi) is 4.59. The molecule has 0 saturated carbocycles. The summed E-state index contributed by atoms with van der Waals surface area (Å²) >= 11 is 5.83.